The Morgan fingerprint density at radius 3 is 2.62 bits per heavy atom. The SMILES string of the molecule is CCOC1CC(NC(=O)Nc2sc(C)c(C)c2C(=O)O)C1. The maximum Gasteiger partial charge on any atom is 0.338 e. The van der Waals surface area contributed by atoms with Crippen molar-refractivity contribution in [2.75, 3.05) is 11.9 Å². The van der Waals surface area contributed by atoms with Gasteiger partial charge < -0.3 is 15.2 Å². The van der Waals surface area contributed by atoms with Crippen LogP contribution in [0.3, 0.4) is 0 Å². The number of aromatic carboxylic acids is 1. The first kappa shape index (κ1) is 15.8. The highest BCUT2D eigenvalue weighted by Gasteiger charge is 2.31. The largest absolute Gasteiger partial charge is 0.478 e. The minimum absolute atomic E-state index is 0.0944. The number of hydrogen-bond donors (Lipinski definition) is 3. The fourth-order valence-electron chi connectivity index (χ4n) is 2.35. The summed E-state index contributed by atoms with van der Waals surface area (Å²) in [6, 6.07) is -0.268. The highest BCUT2D eigenvalue weighted by atomic mass is 32.1. The molecule has 7 heteroatoms. The van der Waals surface area contributed by atoms with E-state index in [-0.39, 0.29) is 23.7 Å². The third kappa shape index (κ3) is 3.54. The minimum atomic E-state index is -1.02. The molecule has 0 spiro atoms. The third-order valence-corrected chi connectivity index (χ3v) is 4.78. The summed E-state index contributed by atoms with van der Waals surface area (Å²) in [5.41, 5.74) is 0.872. The number of urea groups is 1. The van der Waals surface area contributed by atoms with Gasteiger partial charge in [0.15, 0.2) is 0 Å². The maximum atomic E-state index is 11.9. The molecule has 1 saturated carbocycles. The number of aryl methyl sites for hydroxylation is 1. The Kier molecular flexibility index (Phi) is 4.84. The van der Waals surface area contributed by atoms with Gasteiger partial charge in [0.2, 0.25) is 0 Å². The van der Waals surface area contributed by atoms with Crippen LogP contribution in [0.5, 0.6) is 0 Å². The lowest BCUT2D eigenvalue weighted by atomic mass is 9.89. The van der Waals surface area contributed by atoms with Gasteiger partial charge in [-0.15, -0.1) is 11.3 Å². The molecule has 0 aliphatic heterocycles. The number of carboxylic acids is 1. The van der Waals surface area contributed by atoms with E-state index in [0.29, 0.717) is 17.2 Å². The Bertz CT molecular complexity index is 549. The second-order valence-electron chi connectivity index (χ2n) is 5.14. The predicted octanol–water partition coefficient (Wildman–Crippen LogP) is 2.75. The van der Waals surface area contributed by atoms with E-state index in [1.165, 1.54) is 11.3 Å². The Balaban J connectivity index is 1.92. The quantitative estimate of drug-likeness (QED) is 0.780. The van der Waals surface area contributed by atoms with E-state index in [1.807, 2.05) is 13.8 Å². The summed E-state index contributed by atoms with van der Waals surface area (Å²) in [7, 11) is 0. The summed E-state index contributed by atoms with van der Waals surface area (Å²) in [6.45, 7) is 6.22. The average Bonchev–Trinajstić information content (AvgIpc) is 2.62. The molecule has 0 radical (unpaired) electrons. The molecule has 21 heavy (non-hydrogen) atoms. The highest BCUT2D eigenvalue weighted by Crippen LogP contribution is 2.32. The zero-order chi connectivity index (χ0) is 15.6. The zero-order valence-electron chi connectivity index (χ0n) is 12.4. The summed E-state index contributed by atoms with van der Waals surface area (Å²) in [6.07, 6.45) is 1.83. The topological polar surface area (TPSA) is 87.7 Å². The van der Waals surface area contributed by atoms with Gasteiger partial charge in [-0.25, -0.2) is 9.59 Å². The monoisotopic (exact) mass is 312 g/mol. The van der Waals surface area contributed by atoms with E-state index in [4.69, 9.17) is 4.74 Å². The number of carbonyl (C=O) groups is 2. The van der Waals surface area contributed by atoms with Gasteiger partial charge in [-0.1, -0.05) is 0 Å². The number of thiophene rings is 1. The van der Waals surface area contributed by atoms with Crippen LogP contribution < -0.4 is 10.6 Å². The summed E-state index contributed by atoms with van der Waals surface area (Å²) in [5, 5.41) is 15.1. The van der Waals surface area contributed by atoms with Gasteiger partial charge in [-0.2, -0.15) is 0 Å². The lowest BCUT2D eigenvalue weighted by Crippen LogP contribution is -2.49. The number of carbonyl (C=O) groups excluding carboxylic acids is 1. The Morgan fingerprint density at radius 2 is 2.05 bits per heavy atom. The molecule has 0 aromatic carbocycles. The van der Waals surface area contributed by atoms with Crippen LogP contribution in [0.1, 0.15) is 40.6 Å². The Hall–Kier alpha value is -1.60. The first-order valence-electron chi connectivity index (χ1n) is 6.94. The van der Waals surface area contributed by atoms with Gasteiger partial charge in [0.1, 0.15) is 5.00 Å². The van der Waals surface area contributed by atoms with E-state index in [0.717, 1.165) is 17.7 Å². The van der Waals surface area contributed by atoms with Crippen LogP contribution in [0.15, 0.2) is 0 Å². The number of hydrogen-bond acceptors (Lipinski definition) is 4. The van der Waals surface area contributed by atoms with E-state index in [2.05, 4.69) is 10.6 Å². The van der Waals surface area contributed by atoms with Crippen molar-refractivity contribution >= 4 is 28.3 Å². The number of carboxylic acid groups (broad SMARTS) is 1. The number of amides is 2. The van der Waals surface area contributed by atoms with Gasteiger partial charge in [0.25, 0.3) is 0 Å². The lowest BCUT2D eigenvalue weighted by Gasteiger charge is -2.35. The van der Waals surface area contributed by atoms with Crippen LogP contribution >= 0.6 is 11.3 Å². The number of ether oxygens (including phenoxy) is 1. The van der Waals surface area contributed by atoms with Crippen LogP contribution in [0.4, 0.5) is 9.80 Å². The van der Waals surface area contributed by atoms with Gasteiger partial charge in [-0.3, -0.25) is 5.32 Å². The van der Waals surface area contributed by atoms with Crippen molar-refractivity contribution in [1.82, 2.24) is 5.32 Å². The standard InChI is InChI=1S/C14H20N2O4S/c1-4-20-10-5-9(6-10)15-14(19)16-12-11(13(17)18)7(2)8(3)21-12/h9-10H,4-6H2,1-3H3,(H,17,18)(H2,15,16,19). The second kappa shape index (κ2) is 6.44. The van der Waals surface area contributed by atoms with Crippen LogP contribution in [0.2, 0.25) is 0 Å². The molecule has 1 aromatic rings. The molecule has 1 heterocycles. The molecule has 2 rings (SSSR count). The highest BCUT2D eigenvalue weighted by molar-refractivity contribution is 7.16. The van der Waals surface area contributed by atoms with Crippen molar-refractivity contribution in [2.24, 2.45) is 0 Å². The first-order chi connectivity index (χ1) is 9.92. The number of anilines is 1. The van der Waals surface area contributed by atoms with Crippen molar-refractivity contribution in [3.05, 3.63) is 16.0 Å². The zero-order valence-corrected chi connectivity index (χ0v) is 13.2. The molecule has 1 aromatic heterocycles. The lowest BCUT2D eigenvalue weighted by molar-refractivity contribution is -0.00673. The molecule has 3 N–H and O–H groups in total. The molecular formula is C14H20N2O4S. The predicted molar refractivity (Wildman–Crippen MR) is 81.3 cm³/mol. The fourth-order valence-corrected chi connectivity index (χ4v) is 3.40. The summed E-state index contributed by atoms with van der Waals surface area (Å²) in [4.78, 5) is 24.1. The molecular weight excluding hydrogens is 292 g/mol. The van der Waals surface area contributed by atoms with Gasteiger partial charge in [0.05, 0.1) is 11.7 Å². The van der Waals surface area contributed by atoms with Crippen LogP contribution in [0.25, 0.3) is 0 Å². The third-order valence-electron chi connectivity index (χ3n) is 3.66. The molecule has 6 nitrogen and oxygen atoms in total. The van der Waals surface area contributed by atoms with Crippen molar-refractivity contribution in [1.29, 1.82) is 0 Å². The van der Waals surface area contributed by atoms with Crippen molar-refractivity contribution in [2.45, 2.75) is 45.8 Å². The molecule has 0 atom stereocenters. The van der Waals surface area contributed by atoms with Gasteiger partial charge in [0, 0.05) is 17.5 Å². The fraction of sp³-hybridized carbons (Fsp3) is 0.571. The molecule has 0 bridgehead atoms. The van der Waals surface area contributed by atoms with E-state index in [9.17, 15) is 14.7 Å². The maximum absolute atomic E-state index is 11.9. The molecule has 1 fully saturated rings. The molecule has 1 aliphatic rings. The molecule has 2 amide bonds. The van der Waals surface area contributed by atoms with Crippen molar-refractivity contribution in [3.8, 4) is 0 Å². The smallest absolute Gasteiger partial charge is 0.338 e. The summed E-state index contributed by atoms with van der Waals surface area (Å²) in [5.74, 6) is -1.02. The molecule has 0 unspecified atom stereocenters. The average molecular weight is 312 g/mol. The van der Waals surface area contributed by atoms with E-state index in [1.54, 1.807) is 6.92 Å². The summed E-state index contributed by atoms with van der Waals surface area (Å²) < 4.78 is 5.43. The molecule has 116 valence electrons. The number of nitrogens with one attached hydrogen (secondary N) is 2. The number of rotatable bonds is 5. The molecule has 0 saturated heterocycles. The van der Waals surface area contributed by atoms with Crippen LogP contribution in [-0.2, 0) is 4.74 Å². The minimum Gasteiger partial charge on any atom is -0.478 e. The van der Waals surface area contributed by atoms with Crippen molar-refractivity contribution in [3.63, 3.8) is 0 Å². The van der Waals surface area contributed by atoms with Crippen LogP contribution in [0, 0.1) is 13.8 Å². The Labute approximate surface area is 127 Å². The van der Waals surface area contributed by atoms with E-state index >= 15 is 0 Å². The normalized spacial score (nSPS) is 20.7. The van der Waals surface area contributed by atoms with Crippen LogP contribution in [-0.4, -0.2) is 35.9 Å². The first-order valence-corrected chi connectivity index (χ1v) is 7.76. The van der Waals surface area contributed by atoms with E-state index < -0.39 is 5.97 Å². The van der Waals surface area contributed by atoms with Gasteiger partial charge >= 0.3 is 12.0 Å². The van der Waals surface area contributed by atoms with Crippen molar-refractivity contribution < 1.29 is 19.4 Å². The molecule has 1 aliphatic carbocycles. The Morgan fingerprint density at radius 1 is 1.38 bits per heavy atom. The van der Waals surface area contributed by atoms with Gasteiger partial charge in [-0.05, 0) is 39.2 Å². The summed E-state index contributed by atoms with van der Waals surface area (Å²) >= 11 is 1.28. The second-order valence-corrected chi connectivity index (χ2v) is 6.36.